The number of hydrogen-bond donors (Lipinski definition) is 1. The topological polar surface area (TPSA) is 56.5 Å². The van der Waals surface area contributed by atoms with Gasteiger partial charge in [0.05, 0.1) is 18.9 Å². The van der Waals surface area contributed by atoms with Crippen LogP contribution in [0.5, 0.6) is 5.75 Å². The Morgan fingerprint density at radius 3 is 2.61 bits per heavy atom. The maximum atomic E-state index is 10.7. The lowest BCUT2D eigenvalue weighted by Gasteiger charge is -2.33. The number of rotatable bonds is 5. The van der Waals surface area contributed by atoms with Gasteiger partial charge >= 0.3 is 0 Å². The molecule has 102 valence electrons. The van der Waals surface area contributed by atoms with E-state index < -0.39 is 11.7 Å². The van der Waals surface area contributed by atoms with Gasteiger partial charge in [0.25, 0.3) is 0 Å². The summed E-state index contributed by atoms with van der Waals surface area (Å²) >= 11 is 0. The van der Waals surface area contributed by atoms with Crippen LogP contribution in [0.15, 0.2) is 6.20 Å². The standard InChI is InChI=1S/C13H22N2O3/c1-4-15-11(10(17-2)9-14-15)12(16)13(18-3)7-5-6-8-13/h9,12,16H,4-8H2,1-3H3. The van der Waals surface area contributed by atoms with E-state index in [4.69, 9.17) is 9.47 Å². The van der Waals surface area contributed by atoms with Gasteiger partial charge in [-0.25, -0.2) is 0 Å². The molecule has 0 amide bonds. The van der Waals surface area contributed by atoms with Crippen LogP contribution in [0.2, 0.25) is 0 Å². The summed E-state index contributed by atoms with van der Waals surface area (Å²) in [6.45, 7) is 2.70. The van der Waals surface area contributed by atoms with Crippen LogP contribution in [0.3, 0.4) is 0 Å². The van der Waals surface area contributed by atoms with E-state index in [-0.39, 0.29) is 0 Å². The van der Waals surface area contributed by atoms with Crippen molar-refractivity contribution in [3.05, 3.63) is 11.9 Å². The Morgan fingerprint density at radius 2 is 2.11 bits per heavy atom. The second-order valence-electron chi connectivity index (χ2n) is 4.79. The van der Waals surface area contributed by atoms with Crippen LogP contribution in [-0.4, -0.2) is 34.7 Å². The summed E-state index contributed by atoms with van der Waals surface area (Å²) in [6.07, 6.45) is 4.90. The summed E-state index contributed by atoms with van der Waals surface area (Å²) in [7, 11) is 3.27. The summed E-state index contributed by atoms with van der Waals surface area (Å²) in [4.78, 5) is 0. The van der Waals surface area contributed by atoms with E-state index in [1.165, 1.54) is 0 Å². The second kappa shape index (κ2) is 5.28. The molecule has 5 nitrogen and oxygen atoms in total. The van der Waals surface area contributed by atoms with Gasteiger partial charge < -0.3 is 14.6 Å². The van der Waals surface area contributed by atoms with Crippen molar-refractivity contribution in [1.29, 1.82) is 0 Å². The van der Waals surface area contributed by atoms with Gasteiger partial charge in [0.2, 0.25) is 0 Å². The first-order valence-corrected chi connectivity index (χ1v) is 6.51. The summed E-state index contributed by atoms with van der Waals surface area (Å²) < 4.78 is 12.7. The molecule has 1 N–H and O–H groups in total. The molecule has 5 heteroatoms. The van der Waals surface area contributed by atoms with Gasteiger partial charge in [-0.05, 0) is 19.8 Å². The molecule has 1 aromatic heterocycles. The van der Waals surface area contributed by atoms with Gasteiger partial charge in [0.1, 0.15) is 11.8 Å². The van der Waals surface area contributed by atoms with Crippen LogP contribution in [0.25, 0.3) is 0 Å². The van der Waals surface area contributed by atoms with Crippen molar-refractivity contribution in [3.8, 4) is 5.75 Å². The first-order valence-electron chi connectivity index (χ1n) is 6.51. The van der Waals surface area contributed by atoms with E-state index in [0.29, 0.717) is 12.3 Å². The molecule has 0 bridgehead atoms. The fraction of sp³-hybridized carbons (Fsp3) is 0.769. The average molecular weight is 254 g/mol. The molecule has 0 aliphatic heterocycles. The summed E-state index contributed by atoms with van der Waals surface area (Å²) in [5.41, 5.74) is 0.240. The lowest BCUT2D eigenvalue weighted by atomic mass is 9.91. The highest BCUT2D eigenvalue weighted by molar-refractivity contribution is 5.29. The predicted molar refractivity (Wildman–Crippen MR) is 67.6 cm³/mol. The fourth-order valence-electron chi connectivity index (χ4n) is 2.87. The minimum atomic E-state index is -0.692. The van der Waals surface area contributed by atoms with Crippen LogP contribution in [-0.2, 0) is 11.3 Å². The molecule has 0 radical (unpaired) electrons. The number of hydrogen-bond acceptors (Lipinski definition) is 4. The van der Waals surface area contributed by atoms with Crippen molar-refractivity contribution in [2.45, 2.75) is 50.9 Å². The SMILES string of the molecule is CCn1ncc(OC)c1C(O)C1(OC)CCCC1. The molecule has 1 atom stereocenters. The molecular weight excluding hydrogens is 232 g/mol. The first-order chi connectivity index (χ1) is 8.68. The Kier molecular flexibility index (Phi) is 3.92. The quantitative estimate of drug-likeness (QED) is 0.872. The zero-order chi connectivity index (χ0) is 13.2. The van der Waals surface area contributed by atoms with E-state index in [1.807, 2.05) is 6.92 Å². The van der Waals surface area contributed by atoms with Crippen molar-refractivity contribution in [2.24, 2.45) is 0 Å². The smallest absolute Gasteiger partial charge is 0.162 e. The Hall–Kier alpha value is -1.07. The third-order valence-corrected chi connectivity index (χ3v) is 3.98. The number of nitrogens with zero attached hydrogens (tertiary/aromatic N) is 2. The van der Waals surface area contributed by atoms with Crippen LogP contribution < -0.4 is 4.74 Å². The lowest BCUT2D eigenvalue weighted by Crippen LogP contribution is -2.36. The summed E-state index contributed by atoms with van der Waals surface area (Å²) in [5, 5.41) is 15.0. The number of methoxy groups -OCH3 is 2. The molecule has 0 spiro atoms. The Balaban J connectivity index is 2.37. The molecule has 1 aliphatic rings. The van der Waals surface area contributed by atoms with Gasteiger partial charge in [-0.3, -0.25) is 4.68 Å². The molecule has 1 aliphatic carbocycles. The highest BCUT2D eigenvalue weighted by Gasteiger charge is 2.44. The highest BCUT2D eigenvalue weighted by Crippen LogP contribution is 2.44. The highest BCUT2D eigenvalue weighted by atomic mass is 16.5. The molecular formula is C13H22N2O3. The Labute approximate surface area is 108 Å². The lowest BCUT2D eigenvalue weighted by molar-refractivity contribution is -0.104. The van der Waals surface area contributed by atoms with E-state index in [1.54, 1.807) is 25.1 Å². The zero-order valence-corrected chi connectivity index (χ0v) is 11.3. The number of aliphatic hydroxyl groups excluding tert-OH is 1. The number of ether oxygens (including phenoxy) is 2. The number of aliphatic hydroxyl groups is 1. The fourth-order valence-corrected chi connectivity index (χ4v) is 2.87. The largest absolute Gasteiger partial charge is 0.493 e. The predicted octanol–water partition coefficient (Wildman–Crippen LogP) is 1.90. The zero-order valence-electron chi connectivity index (χ0n) is 11.3. The van der Waals surface area contributed by atoms with E-state index in [9.17, 15) is 5.11 Å². The molecule has 1 unspecified atom stereocenters. The number of aromatic nitrogens is 2. The molecule has 0 saturated heterocycles. The molecule has 1 fully saturated rings. The molecule has 1 heterocycles. The van der Waals surface area contributed by atoms with Crippen LogP contribution in [0.4, 0.5) is 0 Å². The van der Waals surface area contributed by atoms with Crippen molar-refractivity contribution in [3.63, 3.8) is 0 Å². The minimum absolute atomic E-state index is 0.486. The van der Waals surface area contributed by atoms with E-state index >= 15 is 0 Å². The average Bonchev–Trinajstić information content (AvgIpc) is 3.04. The van der Waals surface area contributed by atoms with Crippen molar-refractivity contribution in [2.75, 3.05) is 14.2 Å². The van der Waals surface area contributed by atoms with Crippen LogP contribution >= 0.6 is 0 Å². The molecule has 18 heavy (non-hydrogen) atoms. The van der Waals surface area contributed by atoms with Crippen LogP contribution in [0, 0.1) is 0 Å². The summed E-state index contributed by atoms with van der Waals surface area (Å²) in [6, 6.07) is 0. The van der Waals surface area contributed by atoms with Gasteiger partial charge in [-0.1, -0.05) is 12.8 Å². The third kappa shape index (κ3) is 2.01. The minimum Gasteiger partial charge on any atom is -0.493 e. The molecule has 0 aromatic carbocycles. The van der Waals surface area contributed by atoms with Gasteiger partial charge in [0.15, 0.2) is 5.75 Å². The number of aryl methyl sites for hydroxylation is 1. The third-order valence-electron chi connectivity index (χ3n) is 3.98. The van der Waals surface area contributed by atoms with Crippen molar-refractivity contribution < 1.29 is 14.6 Å². The maximum absolute atomic E-state index is 10.7. The van der Waals surface area contributed by atoms with E-state index in [2.05, 4.69) is 5.10 Å². The molecule has 1 saturated carbocycles. The van der Waals surface area contributed by atoms with E-state index in [0.717, 1.165) is 31.4 Å². The monoisotopic (exact) mass is 254 g/mol. The summed E-state index contributed by atoms with van der Waals surface area (Å²) in [5.74, 6) is 0.632. The maximum Gasteiger partial charge on any atom is 0.162 e. The van der Waals surface area contributed by atoms with Crippen LogP contribution in [0.1, 0.15) is 44.4 Å². The first kappa shape index (κ1) is 13.4. The van der Waals surface area contributed by atoms with Crippen molar-refractivity contribution in [1.82, 2.24) is 9.78 Å². The molecule has 2 rings (SSSR count). The molecule has 1 aromatic rings. The Bertz CT molecular complexity index is 375. The Morgan fingerprint density at radius 1 is 1.44 bits per heavy atom. The van der Waals surface area contributed by atoms with Crippen molar-refractivity contribution >= 4 is 0 Å². The van der Waals surface area contributed by atoms with Gasteiger partial charge in [0, 0.05) is 13.7 Å². The van der Waals surface area contributed by atoms with Gasteiger partial charge in [-0.2, -0.15) is 5.10 Å². The normalized spacial score (nSPS) is 20.0. The second-order valence-corrected chi connectivity index (χ2v) is 4.79. The van der Waals surface area contributed by atoms with Gasteiger partial charge in [-0.15, -0.1) is 0 Å².